The highest BCUT2D eigenvalue weighted by molar-refractivity contribution is 6.29. The second-order valence-corrected chi connectivity index (χ2v) is 4.55. The van der Waals surface area contributed by atoms with E-state index in [2.05, 4.69) is 5.32 Å². The molecule has 0 saturated carbocycles. The summed E-state index contributed by atoms with van der Waals surface area (Å²) in [4.78, 5) is 12.9. The van der Waals surface area contributed by atoms with E-state index in [0.29, 0.717) is 11.6 Å². The van der Waals surface area contributed by atoms with Gasteiger partial charge in [0, 0.05) is 24.8 Å². The molecular weight excluding hydrogens is 252 g/mol. The highest BCUT2D eigenvalue weighted by atomic mass is 35.5. The molecule has 0 spiro atoms. The molecule has 0 unspecified atom stereocenters. The van der Waals surface area contributed by atoms with Gasteiger partial charge in [0.1, 0.15) is 12.4 Å². The minimum atomic E-state index is -0.163. The number of amides is 2. The number of carbonyl (C=O) groups excluding carboxylic acids is 1. The minimum absolute atomic E-state index is 0.163. The standard InChI is InChI=1S/C13H17ClN2O2/c1-10(14)8-9-18-12-6-4-11(5-7-12)15-13(17)16(2)3/h4-8H,9H2,1-3H3,(H,15,17). The first-order chi connectivity index (χ1) is 8.49. The van der Waals surface area contributed by atoms with Gasteiger partial charge in [0.2, 0.25) is 0 Å². The molecule has 0 aliphatic carbocycles. The largest absolute Gasteiger partial charge is 0.489 e. The van der Waals surface area contributed by atoms with E-state index in [4.69, 9.17) is 16.3 Å². The fraction of sp³-hybridized carbons (Fsp3) is 0.308. The molecule has 1 aromatic carbocycles. The number of ether oxygens (including phenoxy) is 1. The van der Waals surface area contributed by atoms with Gasteiger partial charge in [0.05, 0.1) is 0 Å². The average molecular weight is 269 g/mol. The molecule has 5 heteroatoms. The van der Waals surface area contributed by atoms with Crippen molar-refractivity contribution in [1.82, 2.24) is 4.90 Å². The Morgan fingerprint density at radius 2 is 2.00 bits per heavy atom. The van der Waals surface area contributed by atoms with E-state index >= 15 is 0 Å². The van der Waals surface area contributed by atoms with Crippen LogP contribution in [0.15, 0.2) is 35.4 Å². The molecule has 2 amide bonds. The van der Waals surface area contributed by atoms with Crippen molar-refractivity contribution in [2.24, 2.45) is 0 Å². The van der Waals surface area contributed by atoms with Gasteiger partial charge >= 0.3 is 6.03 Å². The van der Waals surface area contributed by atoms with Crippen LogP contribution in [0.1, 0.15) is 6.92 Å². The smallest absolute Gasteiger partial charge is 0.321 e. The number of anilines is 1. The summed E-state index contributed by atoms with van der Waals surface area (Å²) < 4.78 is 5.44. The highest BCUT2D eigenvalue weighted by Gasteiger charge is 2.03. The van der Waals surface area contributed by atoms with Crippen molar-refractivity contribution in [2.45, 2.75) is 6.92 Å². The fourth-order valence-electron chi connectivity index (χ4n) is 1.12. The number of nitrogens with zero attached hydrogens (tertiary/aromatic N) is 1. The first-order valence-electron chi connectivity index (χ1n) is 5.52. The summed E-state index contributed by atoms with van der Waals surface area (Å²) >= 11 is 5.69. The Hall–Kier alpha value is -1.68. The zero-order valence-electron chi connectivity index (χ0n) is 10.7. The number of hydrogen-bond donors (Lipinski definition) is 1. The van der Waals surface area contributed by atoms with Gasteiger partial charge in [0.25, 0.3) is 0 Å². The number of urea groups is 1. The van der Waals surface area contributed by atoms with Crippen LogP contribution in [0, 0.1) is 0 Å². The molecule has 0 bridgehead atoms. The van der Waals surface area contributed by atoms with Crippen LogP contribution in [0.25, 0.3) is 0 Å². The van der Waals surface area contributed by atoms with Crippen LogP contribution < -0.4 is 10.1 Å². The van der Waals surface area contributed by atoms with Crippen LogP contribution in [0.4, 0.5) is 10.5 Å². The number of hydrogen-bond acceptors (Lipinski definition) is 2. The summed E-state index contributed by atoms with van der Waals surface area (Å²) in [7, 11) is 3.38. The third-order valence-corrected chi connectivity index (χ3v) is 2.28. The summed E-state index contributed by atoms with van der Waals surface area (Å²) in [5, 5.41) is 3.44. The predicted octanol–water partition coefficient (Wildman–Crippen LogP) is 3.30. The van der Waals surface area contributed by atoms with Gasteiger partial charge in [-0.05, 0) is 37.3 Å². The second kappa shape index (κ2) is 6.91. The minimum Gasteiger partial charge on any atom is -0.489 e. The zero-order valence-corrected chi connectivity index (χ0v) is 11.5. The summed E-state index contributed by atoms with van der Waals surface area (Å²) in [5.74, 6) is 0.729. The summed E-state index contributed by atoms with van der Waals surface area (Å²) in [6, 6.07) is 7.00. The van der Waals surface area contributed by atoms with Gasteiger partial charge < -0.3 is 15.0 Å². The number of rotatable bonds is 4. The molecule has 98 valence electrons. The molecule has 18 heavy (non-hydrogen) atoms. The lowest BCUT2D eigenvalue weighted by molar-refractivity contribution is 0.230. The maximum atomic E-state index is 11.4. The number of halogens is 1. The Bertz CT molecular complexity index is 423. The van der Waals surface area contributed by atoms with E-state index in [-0.39, 0.29) is 6.03 Å². The molecule has 1 aromatic rings. The lowest BCUT2D eigenvalue weighted by atomic mass is 10.3. The molecule has 0 atom stereocenters. The monoisotopic (exact) mass is 268 g/mol. The lowest BCUT2D eigenvalue weighted by Crippen LogP contribution is -2.27. The first-order valence-corrected chi connectivity index (χ1v) is 5.90. The zero-order chi connectivity index (χ0) is 13.5. The topological polar surface area (TPSA) is 41.6 Å². The molecule has 0 aromatic heterocycles. The second-order valence-electron chi connectivity index (χ2n) is 3.95. The summed E-state index contributed by atoms with van der Waals surface area (Å²) in [5.41, 5.74) is 0.727. The van der Waals surface area contributed by atoms with E-state index in [9.17, 15) is 4.79 Å². The van der Waals surface area contributed by atoms with Crippen molar-refractivity contribution >= 4 is 23.3 Å². The number of nitrogens with one attached hydrogen (secondary N) is 1. The first kappa shape index (κ1) is 14.4. The SMILES string of the molecule is CC(Cl)=CCOc1ccc(NC(=O)N(C)C)cc1. The van der Waals surface area contributed by atoms with Gasteiger partial charge in [-0.1, -0.05) is 11.6 Å². The van der Waals surface area contributed by atoms with Crippen molar-refractivity contribution < 1.29 is 9.53 Å². The molecule has 0 aliphatic rings. The number of carbonyl (C=O) groups is 1. The summed E-state index contributed by atoms with van der Waals surface area (Å²) in [6.45, 7) is 2.23. The molecule has 0 aliphatic heterocycles. The Morgan fingerprint density at radius 3 is 2.50 bits per heavy atom. The number of benzene rings is 1. The van der Waals surface area contributed by atoms with E-state index in [1.807, 2.05) is 0 Å². The molecule has 1 rings (SSSR count). The molecule has 0 fully saturated rings. The van der Waals surface area contributed by atoms with Crippen LogP contribution in [0.5, 0.6) is 5.75 Å². The van der Waals surface area contributed by atoms with E-state index in [0.717, 1.165) is 11.4 Å². The van der Waals surface area contributed by atoms with Gasteiger partial charge in [-0.15, -0.1) is 0 Å². The van der Waals surface area contributed by atoms with Crippen LogP contribution >= 0.6 is 11.6 Å². The van der Waals surface area contributed by atoms with Crippen molar-refractivity contribution in [3.05, 3.63) is 35.4 Å². The predicted molar refractivity (Wildman–Crippen MR) is 74.3 cm³/mol. The molecule has 4 nitrogen and oxygen atoms in total. The quantitative estimate of drug-likeness (QED) is 0.910. The van der Waals surface area contributed by atoms with Crippen LogP contribution in [0.3, 0.4) is 0 Å². The third-order valence-electron chi connectivity index (χ3n) is 2.13. The molecule has 0 heterocycles. The van der Waals surface area contributed by atoms with Crippen LogP contribution in [-0.4, -0.2) is 31.6 Å². The fourth-order valence-corrected chi connectivity index (χ4v) is 1.19. The Balaban J connectivity index is 2.52. The summed E-state index contributed by atoms with van der Waals surface area (Å²) in [6.07, 6.45) is 1.78. The van der Waals surface area contributed by atoms with Crippen molar-refractivity contribution in [3.63, 3.8) is 0 Å². The van der Waals surface area contributed by atoms with Gasteiger partial charge in [-0.3, -0.25) is 0 Å². The van der Waals surface area contributed by atoms with Crippen molar-refractivity contribution in [1.29, 1.82) is 0 Å². The Kier molecular flexibility index (Phi) is 5.52. The average Bonchev–Trinajstić information content (AvgIpc) is 2.30. The Labute approximate surface area is 112 Å². The van der Waals surface area contributed by atoms with Gasteiger partial charge in [-0.2, -0.15) is 0 Å². The number of allylic oxidation sites excluding steroid dienone is 1. The maximum Gasteiger partial charge on any atom is 0.321 e. The van der Waals surface area contributed by atoms with E-state index < -0.39 is 0 Å². The Morgan fingerprint density at radius 1 is 1.39 bits per heavy atom. The lowest BCUT2D eigenvalue weighted by Gasteiger charge is -2.12. The van der Waals surface area contributed by atoms with E-state index in [1.165, 1.54) is 4.90 Å². The van der Waals surface area contributed by atoms with Gasteiger partial charge in [-0.25, -0.2) is 4.79 Å². The van der Waals surface area contributed by atoms with Crippen LogP contribution in [-0.2, 0) is 0 Å². The molecule has 0 radical (unpaired) electrons. The molecule has 0 saturated heterocycles. The van der Waals surface area contributed by atoms with Crippen LogP contribution in [0.2, 0.25) is 0 Å². The van der Waals surface area contributed by atoms with E-state index in [1.54, 1.807) is 51.4 Å². The van der Waals surface area contributed by atoms with Crippen molar-refractivity contribution in [3.8, 4) is 5.75 Å². The van der Waals surface area contributed by atoms with Gasteiger partial charge in [0.15, 0.2) is 0 Å². The molecular formula is C13H17ClN2O2. The highest BCUT2D eigenvalue weighted by Crippen LogP contribution is 2.16. The molecule has 1 N–H and O–H groups in total. The third kappa shape index (κ3) is 5.10. The van der Waals surface area contributed by atoms with Crippen molar-refractivity contribution in [2.75, 3.05) is 26.0 Å². The normalized spacial score (nSPS) is 11.0. The maximum absolute atomic E-state index is 11.4.